The zero-order chi connectivity index (χ0) is 16.4. The number of nitrogens with one attached hydrogen (secondary N) is 1. The van der Waals surface area contributed by atoms with E-state index in [4.69, 9.17) is 4.74 Å². The molecule has 0 fully saturated rings. The number of rotatable bonds is 4. The smallest absolute Gasteiger partial charge is 0.338 e. The molecule has 0 spiro atoms. The topological polar surface area (TPSA) is 69.0 Å². The molecule has 23 heavy (non-hydrogen) atoms. The van der Waals surface area contributed by atoms with Crippen molar-refractivity contribution < 1.29 is 9.53 Å². The molecule has 1 aromatic heterocycles. The van der Waals surface area contributed by atoms with Crippen LogP contribution < -0.4 is 5.32 Å². The van der Waals surface area contributed by atoms with Crippen LogP contribution >= 0.6 is 15.9 Å². The molecule has 118 valence electrons. The zero-order valence-electron chi connectivity index (χ0n) is 12.5. The Morgan fingerprint density at radius 3 is 3.13 bits per heavy atom. The molecule has 1 atom stereocenters. The number of ether oxygens (including phenoxy) is 1. The first kappa shape index (κ1) is 15.5. The van der Waals surface area contributed by atoms with Gasteiger partial charge in [0.1, 0.15) is 19.0 Å². The highest BCUT2D eigenvalue weighted by molar-refractivity contribution is 9.10. The second-order valence-electron chi connectivity index (χ2n) is 5.04. The highest BCUT2D eigenvalue weighted by atomic mass is 79.9. The lowest BCUT2D eigenvalue weighted by molar-refractivity contribution is -0.138. The van der Waals surface area contributed by atoms with Crippen LogP contribution in [0.3, 0.4) is 0 Å². The molecule has 1 N–H and O–H groups in total. The van der Waals surface area contributed by atoms with Gasteiger partial charge in [-0.15, -0.1) is 0 Å². The Bertz CT molecular complexity index is 797. The van der Waals surface area contributed by atoms with Crippen molar-refractivity contribution in [3.8, 4) is 0 Å². The van der Waals surface area contributed by atoms with Crippen LogP contribution in [0.2, 0.25) is 0 Å². The number of allylic oxidation sites excluding steroid dienone is 1. The first-order valence-electron chi connectivity index (χ1n) is 7.02. The van der Waals surface area contributed by atoms with Gasteiger partial charge in [0.25, 0.3) is 0 Å². The fourth-order valence-corrected chi connectivity index (χ4v) is 2.97. The summed E-state index contributed by atoms with van der Waals surface area (Å²) in [6.45, 7) is 5.56. The maximum atomic E-state index is 12.5. The van der Waals surface area contributed by atoms with Crippen molar-refractivity contribution in [3.05, 3.63) is 64.6 Å². The third-order valence-electron chi connectivity index (χ3n) is 3.51. The molecule has 2 heterocycles. The molecule has 0 saturated carbocycles. The van der Waals surface area contributed by atoms with Crippen LogP contribution in [-0.2, 0) is 9.53 Å². The molecule has 0 amide bonds. The summed E-state index contributed by atoms with van der Waals surface area (Å²) in [6.07, 6.45) is 3.00. The molecule has 1 unspecified atom stereocenters. The van der Waals surface area contributed by atoms with E-state index in [9.17, 15) is 4.79 Å². The van der Waals surface area contributed by atoms with Gasteiger partial charge in [-0.25, -0.2) is 9.48 Å². The third-order valence-corrected chi connectivity index (χ3v) is 4.00. The average molecular weight is 375 g/mol. The minimum absolute atomic E-state index is 0.158. The van der Waals surface area contributed by atoms with E-state index in [-0.39, 0.29) is 6.61 Å². The lowest BCUT2D eigenvalue weighted by Gasteiger charge is -2.28. The van der Waals surface area contributed by atoms with E-state index >= 15 is 0 Å². The summed E-state index contributed by atoms with van der Waals surface area (Å²) in [5, 5.41) is 7.35. The summed E-state index contributed by atoms with van der Waals surface area (Å²) in [5.74, 6) is 0.189. The Morgan fingerprint density at radius 1 is 1.57 bits per heavy atom. The Labute approximate surface area is 142 Å². The van der Waals surface area contributed by atoms with E-state index in [1.54, 1.807) is 10.8 Å². The van der Waals surface area contributed by atoms with Gasteiger partial charge < -0.3 is 10.1 Å². The summed E-state index contributed by atoms with van der Waals surface area (Å²) in [6, 6.07) is 7.35. The maximum absolute atomic E-state index is 12.5. The van der Waals surface area contributed by atoms with Crippen molar-refractivity contribution in [2.75, 3.05) is 11.9 Å². The molecule has 7 heteroatoms. The molecular formula is C16H15BrN4O2. The van der Waals surface area contributed by atoms with Crippen molar-refractivity contribution in [2.45, 2.75) is 13.0 Å². The van der Waals surface area contributed by atoms with Crippen LogP contribution in [0.15, 0.2) is 59.0 Å². The van der Waals surface area contributed by atoms with Gasteiger partial charge >= 0.3 is 5.97 Å². The molecule has 1 aliphatic heterocycles. The van der Waals surface area contributed by atoms with Crippen LogP contribution in [-0.4, -0.2) is 27.3 Å². The maximum Gasteiger partial charge on any atom is 0.338 e. The highest BCUT2D eigenvalue weighted by Crippen LogP contribution is 2.35. The Kier molecular flexibility index (Phi) is 4.29. The van der Waals surface area contributed by atoms with Gasteiger partial charge in [-0.2, -0.15) is 10.1 Å². The number of fused-ring (bicyclic) bond motifs is 1. The Balaban J connectivity index is 2.10. The van der Waals surface area contributed by atoms with Gasteiger partial charge in [0.15, 0.2) is 0 Å². The fourth-order valence-electron chi connectivity index (χ4n) is 2.55. The van der Waals surface area contributed by atoms with Crippen molar-refractivity contribution >= 4 is 27.8 Å². The lowest BCUT2D eigenvalue weighted by Crippen LogP contribution is -2.29. The molecule has 6 nitrogen and oxygen atoms in total. The normalized spacial score (nSPS) is 16.5. The summed E-state index contributed by atoms with van der Waals surface area (Å²) in [4.78, 5) is 16.7. The van der Waals surface area contributed by atoms with Gasteiger partial charge in [-0.1, -0.05) is 40.7 Å². The monoisotopic (exact) mass is 374 g/mol. The van der Waals surface area contributed by atoms with Gasteiger partial charge in [-0.05, 0) is 24.6 Å². The fraction of sp³-hybridized carbons (Fsp3) is 0.188. The van der Waals surface area contributed by atoms with Crippen LogP contribution in [0.5, 0.6) is 0 Å². The first-order chi connectivity index (χ1) is 11.1. The van der Waals surface area contributed by atoms with Crippen molar-refractivity contribution in [1.82, 2.24) is 14.8 Å². The predicted octanol–water partition coefficient (Wildman–Crippen LogP) is 3.06. The second kappa shape index (κ2) is 6.37. The van der Waals surface area contributed by atoms with Crippen LogP contribution in [0.4, 0.5) is 5.95 Å². The molecule has 1 aromatic carbocycles. The largest absolute Gasteiger partial charge is 0.458 e. The number of halogens is 1. The second-order valence-corrected chi connectivity index (χ2v) is 5.95. The summed E-state index contributed by atoms with van der Waals surface area (Å²) >= 11 is 3.47. The van der Waals surface area contributed by atoms with Gasteiger partial charge in [0.05, 0.1) is 5.57 Å². The number of nitrogens with zero attached hydrogens (tertiary/aromatic N) is 3. The summed E-state index contributed by atoms with van der Waals surface area (Å²) in [5.41, 5.74) is 2.12. The molecule has 3 rings (SSSR count). The van der Waals surface area contributed by atoms with E-state index in [1.807, 2.05) is 31.2 Å². The summed E-state index contributed by atoms with van der Waals surface area (Å²) < 4.78 is 7.85. The lowest BCUT2D eigenvalue weighted by atomic mass is 9.96. The number of benzene rings is 1. The van der Waals surface area contributed by atoms with Gasteiger partial charge in [-0.3, -0.25) is 0 Å². The van der Waals surface area contributed by atoms with E-state index in [0.29, 0.717) is 17.2 Å². The minimum atomic E-state index is -0.402. The average Bonchev–Trinajstić information content (AvgIpc) is 2.99. The zero-order valence-corrected chi connectivity index (χ0v) is 14.1. The van der Waals surface area contributed by atoms with Gasteiger partial charge in [0, 0.05) is 10.2 Å². The summed E-state index contributed by atoms with van der Waals surface area (Å²) in [7, 11) is 0. The van der Waals surface area contributed by atoms with Crippen molar-refractivity contribution in [3.63, 3.8) is 0 Å². The first-order valence-corrected chi connectivity index (χ1v) is 7.82. The van der Waals surface area contributed by atoms with E-state index < -0.39 is 12.0 Å². The van der Waals surface area contributed by atoms with Gasteiger partial charge in [0.2, 0.25) is 5.95 Å². The number of hydrogen-bond acceptors (Lipinski definition) is 5. The number of carbonyl (C=O) groups is 1. The molecule has 1 aliphatic rings. The van der Waals surface area contributed by atoms with Crippen LogP contribution in [0.1, 0.15) is 18.5 Å². The number of esters is 1. The standard InChI is InChI=1S/C16H15BrN4O2/c1-3-7-23-15(22)13-10(2)20-16-18-9-19-21(16)14(13)11-5-4-6-12(17)8-11/h3-6,8-9,14H,1,7H2,2H3,(H,18,19,20). The molecule has 0 radical (unpaired) electrons. The number of hydrogen-bond donors (Lipinski definition) is 1. The number of anilines is 1. The quantitative estimate of drug-likeness (QED) is 0.657. The predicted molar refractivity (Wildman–Crippen MR) is 89.8 cm³/mol. The molecule has 2 aromatic rings. The molecular weight excluding hydrogens is 360 g/mol. The Morgan fingerprint density at radius 2 is 2.39 bits per heavy atom. The Hall–Kier alpha value is -2.41. The minimum Gasteiger partial charge on any atom is -0.458 e. The molecule has 0 bridgehead atoms. The van der Waals surface area contributed by atoms with E-state index in [2.05, 4.69) is 37.9 Å². The highest BCUT2D eigenvalue weighted by Gasteiger charge is 2.34. The van der Waals surface area contributed by atoms with E-state index in [1.165, 1.54) is 6.33 Å². The number of carbonyl (C=O) groups excluding carboxylic acids is 1. The van der Waals surface area contributed by atoms with Crippen molar-refractivity contribution in [1.29, 1.82) is 0 Å². The number of aromatic nitrogens is 3. The van der Waals surface area contributed by atoms with E-state index in [0.717, 1.165) is 10.0 Å². The molecule has 0 saturated heterocycles. The third kappa shape index (κ3) is 2.92. The van der Waals surface area contributed by atoms with Crippen LogP contribution in [0.25, 0.3) is 0 Å². The molecule has 0 aliphatic carbocycles. The van der Waals surface area contributed by atoms with Crippen molar-refractivity contribution in [2.24, 2.45) is 0 Å². The SMILES string of the molecule is C=CCOC(=O)C1=C(C)Nc2ncnn2C1c1cccc(Br)c1. The van der Waals surface area contributed by atoms with Crippen LogP contribution in [0, 0.1) is 0 Å².